The minimum Gasteiger partial charge on any atom is -0.505 e. The van der Waals surface area contributed by atoms with Crippen LogP contribution in [0.25, 0.3) is 0 Å². The van der Waals surface area contributed by atoms with Crippen LogP contribution in [-0.4, -0.2) is 34.0 Å². The van der Waals surface area contributed by atoms with Crippen LogP contribution in [0.2, 0.25) is 0 Å². The monoisotopic (exact) mass is 263 g/mol. The molecule has 2 amide bonds. The third-order valence-electron chi connectivity index (χ3n) is 3.20. The number of carbonyl (C=O) groups excluding carboxylic acids is 2. The fourth-order valence-electron chi connectivity index (χ4n) is 2.07. The van der Waals surface area contributed by atoms with Crippen LogP contribution >= 0.6 is 0 Å². The third kappa shape index (κ3) is 3.01. The fraction of sp³-hybridized carbons (Fsp3) is 0.462. The number of nitrogens with zero attached hydrogens (tertiary/aromatic N) is 1. The first kappa shape index (κ1) is 13.3. The molecule has 1 aliphatic rings. The molecule has 0 spiro atoms. The highest BCUT2D eigenvalue weighted by molar-refractivity contribution is 5.95. The van der Waals surface area contributed by atoms with Crippen LogP contribution in [0.5, 0.6) is 5.75 Å². The Morgan fingerprint density at radius 2 is 2.37 bits per heavy atom. The molecule has 3 N–H and O–H groups in total. The lowest BCUT2D eigenvalue weighted by Gasteiger charge is -2.24. The SMILES string of the molecule is Cc1cnc(C(=O)NCC2(C)CCC(=O)N2)c(O)c1. The molecule has 1 aliphatic heterocycles. The van der Waals surface area contributed by atoms with Crippen molar-refractivity contribution in [1.82, 2.24) is 15.6 Å². The van der Waals surface area contributed by atoms with E-state index in [0.717, 1.165) is 5.56 Å². The Balaban J connectivity index is 2.00. The number of rotatable bonds is 3. The molecule has 6 heteroatoms. The molecule has 19 heavy (non-hydrogen) atoms. The van der Waals surface area contributed by atoms with Crippen LogP contribution in [-0.2, 0) is 4.79 Å². The van der Waals surface area contributed by atoms with Crippen LogP contribution in [0.4, 0.5) is 0 Å². The highest BCUT2D eigenvalue weighted by atomic mass is 16.3. The van der Waals surface area contributed by atoms with E-state index in [0.29, 0.717) is 19.4 Å². The molecule has 0 bridgehead atoms. The van der Waals surface area contributed by atoms with Crippen molar-refractivity contribution in [3.05, 3.63) is 23.5 Å². The zero-order valence-corrected chi connectivity index (χ0v) is 11.0. The fourth-order valence-corrected chi connectivity index (χ4v) is 2.07. The Morgan fingerprint density at radius 3 is 2.95 bits per heavy atom. The second-order valence-electron chi connectivity index (χ2n) is 5.17. The highest BCUT2D eigenvalue weighted by Gasteiger charge is 2.33. The van der Waals surface area contributed by atoms with E-state index in [4.69, 9.17) is 0 Å². The van der Waals surface area contributed by atoms with Gasteiger partial charge in [-0.2, -0.15) is 0 Å². The lowest BCUT2D eigenvalue weighted by molar-refractivity contribution is -0.119. The molecule has 102 valence electrons. The van der Waals surface area contributed by atoms with Crippen molar-refractivity contribution in [2.24, 2.45) is 0 Å². The van der Waals surface area contributed by atoms with Crippen LogP contribution in [0.15, 0.2) is 12.3 Å². The number of aromatic hydroxyl groups is 1. The number of carbonyl (C=O) groups is 2. The van der Waals surface area contributed by atoms with E-state index >= 15 is 0 Å². The van der Waals surface area contributed by atoms with E-state index in [1.54, 1.807) is 6.92 Å². The molecule has 1 saturated heterocycles. The molecule has 2 heterocycles. The van der Waals surface area contributed by atoms with Gasteiger partial charge in [0.25, 0.3) is 5.91 Å². The molecular weight excluding hydrogens is 246 g/mol. The summed E-state index contributed by atoms with van der Waals surface area (Å²) >= 11 is 0. The van der Waals surface area contributed by atoms with Gasteiger partial charge in [0, 0.05) is 19.2 Å². The number of aromatic nitrogens is 1. The van der Waals surface area contributed by atoms with Gasteiger partial charge in [-0.05, 0) is 31.9 Å². The van der Waals surface area contributed by atoms with E-state index in [1.165, 1.54) is 12.3 Å². The van der Waals surface area contributed by atoms with Gasteiger partial charge in [-0.15, -0.1) is 0 Å². The average Bonchev–Trinajstić information content (AvgIpc) is 2.67. The van der Waals surface area contributed by atoms with Crippen LogP contribution < -0.4 is 10.6 Å². The second-order valence-corrected chi connectivity index (χ2v) is 5.17. The summed E-state index contributed by atoms with van der Waals surface area (Å²) in [6.07, 6.45) is 2.67. The van der Waals surface area contributed by atoms with Crippen molar-refractivity contribution < 1.29 is 14.7 Å². The molecule has 0 aliphatic carbocycles. The first-order chi connectivity index (χ1) is 8.89. The Morgan fingerprint density at radius 1 is 1.63 bits per heavy atom. The van der Waals surface area contributed by atoms with Crippen molar-refractivity contribution in [3.8, 4) is 5.75 Å². The Hall–Kier alpha value is -2.11. The summed E-state index contributed by atoms with van der Waals surface area (Å²) < 4.78 is 0. The van der Waals surface area contributed by atoms with Gasteiger partial charge in [-0.25, -0.2) is 4.98 Å². The predicted octanol–water partition coefficient (Wildman–Crippen LogP) is 0.494. The molecule has 1 aromatic heterocycles. The average molecular weight is 263 g/mol. The molecule has 0 radical (unpaired) electrons. The summed E-state index contributed by atoms with van der Waals surface area (Å²) in [4.78, 5) is 27.0. The molecule has 1 unspecified atom stereocenters. The van der Waals surface area contributed by atoms with Gasteiger partial charge >= 0.3 is 0 Å². The van der Waals surface area contributed by atoms with E-state index in [-0.39, 0.29) is 17.4 Å². The Labute approximate surface area is 111 Å². The summed E-state index contributed by atoms with van der Waals surface area (Å²) in [6.45, 7) is 3.97. The minimum absolute atomic E-state index is 0.00137. The Kier molecular flexibility index (Phi) is 3.42. The van der Waals surface area contributed by atoms with Gasteiger partial charge < -0.3 is 15.7 Å². The van der Waals surface area contributed by atoms with Gasteiger partial charge in [0.05, 0.1) is 5.54 Å². The molecule has 0 aromatic carbocycles. The van der Waals surface area contributed by atoms with Crippen molar-refractivity contribution in [2.45, 2.75) is 32.2 Å². The summed E-state index contributed by atoms with van der Waals surface area (Å²) in [6, 6.07) is 1.49. The van der Waals surface area contributed by atoms with Crippen LogP contribution in [0, 0.1) is 6.92 Å². The quantitative estimate of drug-likeness (QED) is 0.740. The third-order valence-corrected chi connectivity index (χ3v) is 3.20. The van der Waals surface area contributed by atoms with Crippen molar-refractivity contribution in [2.75, 3.05) is 6.54 Å². The van der Waals surface area contributed by atoms with Crippen molar-refractivity contribution >= 4 is 11.8 Å². The lowest BCUT2D eigenvalue weighted by atomic mass is 10.0. The van der Waals surface area contributed by atoms with Crippen molar-refractivity contribution in [1.29, 1.82) is 0 Å². The zero-order chi connectivity index (χ0) is 14.0. The number of pyridine rings is 1. The van der Waals surface area contributed by atoms with E-state index in [2.05, 4.69) is 15.6 Å². The largest absolute Gasteiger partial charge is 0.505 e. The maximum absolute atomic E-state index is 11.9. The lowest BCUT2D eigenvalue weighted by Crippen LogP contribution is -2.48. The molecule has 1 fully saturated rings. The molecule has 0 saturated carbocycles. The van der Waals surface area contributed by atoms with Crippen molar-refractivity contribution in [3.63, 3.8) is 0 Å². The van der Waals surface area contributed by atoms with E-state index in [1.807, 2.05) is 6.92 Å². The maximum Gasteiger partial charge on any atom is 0.273 e. The summed E-state index contributed by atoms with van der Waals surface area (Å²) in [5.74, 6) is -0.592. The number of nitrogens with one attached hydrogen (secondary N) is 2. The number of hydrogen-bond donors (Lipinski definition) is 3. The smallest absolute Gasteiger partial charge is 0.273 e. The second kappa shape index (κ2) is 4.87. The minimum atomic E-state index is -0.445. The predicted molar refractivity (Wildman–Crippen MR) is 68.8 cm³/mol. The standard InChI is InChI=1S/C13H17N3O3/c1-8-5-9(17)11(14-6-8)12(19)15-7-13(2)4-3-10(18)16-13/h5-6,17H,3-4,7H2,1-2H3,(H,15,19)(H,16,18). The summed E-state index contributed by atoms with van der Waals surface area (Å²) in [7, 11) is 0. The molecule has 6 nitrogen and oxygen atoms in total. The Bertz CT molecular complexity index is 530. The number of aryl methyl sites for hydroxylation is 1. The first-order valence-electron chi connectivity index (χ1n) is 6.14. The topological polar surface area (TPSA) is 91.3 Å². The van der Waals surface area contributed by atoms with Gasteiger partial charge in [0.15, 0.2) is 5.69 Å². The van der Waals surface area contributed by atoms with Crippen LogP contribution in [0.1, 0.15) is 35.8 Å². The zero-order valence-electron chi connectivity index (χ0n) is 11.0. The molecule has 2 rings (SSSR count). The molecule has 1 aromatic rings. The molecular formula is C13H17N3O3. The number of hydrogen-bond acceptors (Lipinski definition) is 4. The van der Waals surface area contributed by atoms with Crippen LogP contribution in [0.3, 0.4) is 0 Å². The van der Waals surface area contributed by atoms with Gasteiger partial charge in [-0.3, -0.25) is 9.59 Å². The van der Waals surface area contributed by atoms with Gasteiger partial charge in [-0.1, -0.05) is 0 Å². The summed E-state index contributed by atoms with van der Waals surface area (Å²) in [5.41, 5.74) is 0.357. The van der Waals surface area contributed by atoms with E-state index < -0.39 is 11.4 Å². The van der Waals surface area contributed by atoms with Gasteiger partial charge in [0.2, 0.25) is 5.91 Å². The summed E-state index contributed by atoms with van der Waals surface area (Å²) in [5, 5.41) is 15.2. The normalized spacial score (nSPS) is 22.1. The van der Waals surface area contributed by atoms with Gasteiger partial charge in [0.1, 0.15) is 5.75 Å². The first-order valence-corrected chi connectivity index (χ1v) is 6.14. The number of amides is 2. The molecule has 1 atom stereocenters. The maximum atomic E-state index is 11.9. The van der Waals surface area contributed by atoms with E-state index in [9.17, 15) is 14.7 Å². The highest BCUT2D eigenvalue weighted by Crippen LogP contribution is 2.19.